The van der Waals surface area contributed by atoms with E-state index < -0.39 is 0 Å². The molecule has 1 fully saturated rings. The van der Waals surface area contributed by atoms with Gasteiger partial charge in [-0.2, -0.15) is 10.4 Å². The van der Waals surface area contributed by atoms with E-state index in [1.807, 2.05) is 18.1 Å². The van der Waals surface area contributed by atoms with Crippen molar-refractivity contribution in [1.82, 2.24) is 14.8 Å². The third-order valence-corrected chi connectivity index (χ3v) is 4.66. The van der Waals surface area contributed by atoms with Crippen molar-refractivity contribution in [3.8, 4) is 6.07 Å². The van der Waals surface area contributed by atoms with Crippen LogP contribution in [0.15, 0.2) is 36.7 Å². The number of hydrogen-bond donors (Lipinski definition) is 0. The minimum absolute atomic E-state index is 0.0271. The van der Waals surface area contributed by atoms with Gasteiger partial charge in [0.05, 0.1) is 35.6 Å². The minimum atomic E-state index is -0.0271. The molecular weight excluding hydrogens is 352 g/mol. The van der Waals surface area contributed by atoms with Crippen molar-refractivity contribution in [3.05, 3.63) is 47.2 Å². The van der Waals surface area contributed by atoms with Crippen LogP contribution in [0.4, 0.5) is 11.5 Å². The number of rotatable bonds is 2. The molecule has 0 radical (unpaired) electrons. The molecule has 0 atom stereocenters. The number of aromatic nitrogens is 3. The van der Waals surface area contributed by atoms with Gasteiger partial charge in [0.2, 0.25) is 5.91 Å². The summed E-state index contributed by atoms with van der Waals surface area (Å²) in [5, 5.41) is 14.9. The number of carbonyl (C=O) groups excluding carboxylic acids is 1. The third kappa shape index (κ3) is 2.85. The van der Waals surface area contributed by atoms with Crippen LogP contribution in [0.5, 0.6) is 0 Å². The van der Waals surface area contributed by atoms with Gasteiger partial charge in [-0.1, -0.05) is 11.6 Å². The molecule has 8 heteroatoms. The molecule has 2 aromatic heterocycles. The van der Waals surface area contributed by atoms with Crippen molar-refractivity contribution in [2.75, 3.05) is 29.4 Å². The van der Waals surface area contributed by atoms with E-state index in [4.69, 9.17) is 11.6 Å². The van der Waals surface area contributed by atoms with Crippen molar-refractivity contribution < 1.29 is 4.79 Å². The van der Waals surface area contributed by atoms with Gasteiger partial charge in [-0.3, -0.25) is 9.48 Å². The lowest BCUT2D eigenvalue weighted by atomic mass is 10.1. The fourth-order valence-electron chi connectivity index (χ4n) is 3.13. The highest BCUT2D eigenvalue weighted by atomic mass is 35.5. The molecule has 0 bridgehead atoms. The molecule has 3 aromatic rings. The minimum Gasteiger partial charge on any atom is -0.345 e. The Morgan fingerprint density at radius 3 is 2.81 bits per heavy atom. The number of nitriles is 1. The summed E-state index contributed by atoms with van der Waals surface area (Å²) in [5.41, 5.74) is 1.97. The number of benzene rings is 1. The van der Waals surface area contributed by atoms with E-state index in [0.29, 0.717) is 40.4 Å². The number of piperazine rings is 1. The average molecular weight is 367 g/mol. The van der Waals surface area contributed by atoms with Gasteiger partial charge in [-0.05, 0) is 24.3 Å². The Balaban J connectivity index is 1.64. The molecule has 1 aromatic carbocycles. The average Bonchev–Trinajstić information content (AvgIpc) is 3.06. The van der Waals surface area contributed by atoms with Gasteiger partial charge in [-0.15, -0.1) is 0 Å². The maximum atomic E-state index is 12.6. The van der Waals surface area contributed by atoms with Gasteiger partial charge in [0.1, 0.15) is 5.82 Å². The summed E-state index contributed by atoms with van der Waals surface area (Å²) in [7, 11) is 1.82. The number of pyridine rings is 1. The van der Waals surface area contributed by atoms with Crippen LogP contribution < -0.4 is 9.80 Å². The largest absolute Gasteiger partial charge is 0.345 e. The van der Waals surface area contributed by atoms with Gasteiger partial charge in [0.25, 0.3) is 0 Å². The molecule has 0 spiro atoms. The summed E-state index contributed by atoms with van der Waals surface area (Å²) in [6.45, 7) is 1.36. The summed E-state index contributed by atoms with van der Waals surface area (Å²) >= 11 is 6.03. The molecule has 130 valence electrons. The van der Waals surface area contributed by atoms with Crippen LogP contribution in [0.25, 0.3) is 10.9 Å². The first-order valence-electron chi connectivity index (χ1n) is 8.09. The first-order valence-corrected chi connectivity index (χ1v) is 8.47. The number of anilines is 2. The molecule has 7 nitrogen and oxygen atoms in total. The van der Waals surface area contributed by atoms with E-state index in [2.05, 4.69) is 16.2 Å². The first-order chi connectivity index (χ1) is 12.5. The molecule has 1 saturated heterocycles. The van der Waals surface area contributed by atoms with E-state index in [0.717, 1.165) is 5.69 Å². The predicted octanol–water partition coefficient (Wildman–Crippen LogP) is 2.35. The van der Waals surface area contributed by atoms with Crippen LogP contribution in [0.3, 0.4) is 0 Å². The lowest BCUT2D eigenvalue weighted by Gasteiger charge is -2.34. The van der Waals surface area contributed by atoms with Crippen LogP contribution >= 0.6 is 11.6 Å². The molecule has 1 amide bonds. The van der Waals surface area contributed by atoms with E-state index in [-0.39, 0.29) is 12.5 Å². The fourth-order valence-corrected chi connectivity index (χ4v) is 3.30. The summed E-state index contributed by atoms with van der Waals surface area (Å²) in [6, 6.07) is 9.17. The molecule has 0 saturated carbocycles. The van der Waals surface area contributed by atoms with Crippen molar-refractivity contribution in [2.24, 2.45) is 7.05 Å². The fraction of sp³-hybridized carbons (Fsp3) is 0.222. The predicted molar refractivity (Wildman–Crippen MR) is 99.2 cm³/mol. The third-order valence-electron chi connectivity index (χ3n) is 4.43. The molecule has 1 aliphatic heterocycles. The summed E-state index contributed by atoms with van der Waals surface area (Å²) in [5.74, 6) is 0.594. The highest BCUT2D eigenvalue weighted by molar-refractivity contribution is 6.31. The van der Waals surface area contributed by atoms with Crippen LogP contribution in [0, 0.1) is 11.3 Å². The molecule has 0 N–H and O–H groups in total. The van der Waals surface area contributed by atoms with E-state index in [1.165, 1.54) is 0 Å². The monoisotopic (exact) mass is 366 g/mol. The number of amides is 1. The smallest absolute Gasteiger partial charge is 0.246 e. The van der Waals surface area contributed by atoms with Gasteiger partial charge in [0.15, 0.2) is 0 Å². The van der Waals surface area contributed by atoms with Crippen molar-refractivity contribution >= 4 is 39.9 Å². The normalized spacial score (nSPS) is 14.7. The van der Waals surface area contributed by atoms with E-state index in [9.17, 15) is 10.1 Å². The molecule has 26 heavy (non-hydrogen) atoms. The lowest BCUT2D eigenvalue weighted by Crippen LogP contribution is -2.50. The van der Waals surface area contributed by atoms with Gasteiger partial charge in [0, 0.05) is 36.7 Å². The second kappa shape index (κ2) is 6.32. The van der Waals surface area contributed by atoms with E-state index >= 15 is 0 Å². The molecule has 0 unspecified atom stereocenters. The topological polar surface area (TPSA) is 78.0 Å². The Morgan fingerprint density at radius 1 is 1.27 bits per heavy atom. The number of nitrogens with zero attached hydrogens (tertiary/aromatic N) is 6. The van der Waals surface area contributed by atoms with Crippen LogP contribution in [0.2, 0.25) is 5.02 Å². The molecule has 4 rings (SSSR count). The summed E-state index contributed by atoms with van der Waals surface area (Å²) < 4.78 is 1.67. The Hall–Kier alpha value is -3.11. The second-order valence-electron chi connectivity index (χ2n) is 6.14. The van der Waals surface area contributed by atoms with E-state index in [1.54, 1.807) is 40.0 Å². The Bertz CT molecular complexity index is 1050. The quantitative estimate of drug-likeness (QED) is 0.695. The van der Waals surface area contributed by atoms with Crippen molar-refractivity contribution in [3.63, 3.8) is 0 Å². The number of hydrogen-bond acceptors (Lipinski definition) is 5. The number of fused-ring (bicyclic) bond motifs is 1. The molecular formula is C18H15ClN6O. The Labute approximate surface area is 155 Å². The zero-order valence-electron chi connectivity index (χ0n) is 14.1. The van der Waals surface area contributed by atoms with Crippen LogP contribution in [-0.4, -0.2) is 40.3 Å². The molecule has 0 aliphatic carbocycles. The highest BCUT2D eigenvalue weighted by Gasteiger charge is 2.27. The highest BCUT2D eigenvalue weighted by Crippen LogP contribution is 2.26. The van der Waals surface area contributed by atoms with Crippen LogP contribution in [-0.2, 0) is 11.8 Å². The van der Waals surface area contributed by atoms with Crippen LogP contribution in [0.1, 0.15) is 5.56 Å². The first kappa shape index (κ1) is 16.4. The summed E-state index contributed by atoms with van der Waals surface area (Å²) in [4.78, 5) is 20.8. The zero-order chi connectivity index (χ0) is 18.3. The molecule has 3 heterocycles. The Kier molecular flexibility index (Phi) is 3.98. The summed E-state index contributed by atoms with van der Waals surface area (Å²) in [6.07, 6.45) is 3.50. The second-order valence-corrected chi connectivity index (χ2v) is 6.58. The lowest BCUT2D eigenvalue weighted by molar-refractivity contribution is -0.117. The van der Waals surface area contributed by atoms with Gasteiger partial charge in [-0.25, -0.2) is 4.98 Å². The number of carbonyl (C=O) groups is 1. The van der Waals surface area contributed by atoms with Crippen molar-refractivity contribution in [1.29, 1.82) is 5.26 Å². The Morgan fingerprint density at radius 2 is 2.12 bits per heavy atom. The van der Waals surface area contributed by atoms with Gasteiger partial charge >= 0.3 is 0 Å². The molecule has 1 aliphatic rings. The standard InChI is InChI=1S/C18H15ClN6O/c1-23-10-14(9-21-23)25-5-4-24(11-18(25)26)17-6-12(8-20)15-7-13(19)2-3-16(15)22-17/h2-3,6-7,9-10H,4-5,11H2,1H3. The van der Waals surface area contributed by atoms with Crippen molar-refractivity contribution in [2.45, 2.75) is 0 Å². The maximum Gasteiger partial charge on any atom is 0.246 e. The maximum absolute atomic E-state index is 12.6. The number of halogens is 1. The number of aryl methyl sites for hydroxylation is 1. The SMILES string of the molecule is Cn1cc(N2CCN(c3cc(C#N)c4cc(Cl)ccc4n3)CC2=O)cn1. The zero-order valence-corrected chi connectivity index (χ0v) is 14.8. The van der Waals surface area contributed by atoms with Gasteiger partial charge < -0.3 is 9.80 Å².